The predicted molar refractivity (Wildman–Crippen MR) is 106 cm³/mol. The van der Waals surface area contributed by atoms with Crippen molar-refractivity contribution in [3.05, 3.63) is 36.0 Å². The summed E-state index contributed by atoms with van der Waals surface area (Å²) in [6, 6.07) is 9.82. The van der Waals surface area contributed by atoms with Crippen molar-refractivity contribution in [3.8, 4) is 0 Å². The van der Waals surface area contributed by atoms with Crippen LogP contribution in [-0.2, 0) is 9.53 Å². The van der Waals surface area contributed by atoms with E-state index in [0.717, 1.165) is 30.2 Å². The number of para-hydroxylation sites is 1. The van der Waals surface area contributed by atoms with Crippen LogP contribution >= 0.6 is 0 Å². The number of rotatable bonds is 7. The summed E-state index contributed by atoms with van der Waals surface area (Å²) in [5.41, 5.74) is 1.62. The van der Waals surface area contributed by atoms with Crippen LogP contribution in [0.3, 0.4) is 0 Å². The van der Waals surface area contributed by atoms with E-state index in [9.17, 15) is 9.59 Å². The predicted octanol–water partition coefficient (Wildman–Crippen LogP) is 2.81. The molecule has 2 N–H and O–H groups in total. The molecule has 2 aromatic rings. The minimum Gasteiger partial charge on any atom is -0.385 e. The van der Waals surface area contributed by atoms with Gasteiger partial charge in [-0.25, -0.2) is 0 Å². The number of carbonyl (C=O) groups excluding carboxylic acids is 2. The van der Waals surface area contributed by atoms with Gasteiger partial charge >= 0.3 is 0 Å². The van der Waals surface area contributed by atoms with Crippen molar-refractivity contribution < 1.29 is 14.3 Å². The van der Waals surface area contributed by atoms with Gasteiger partial charge in [0.25, 0.3) is 5.91 Å². The largest absolute Gasteiger partial charge is 0.385 e. The average Bonchev–Trinajstić information content (AvgIpc) is 3.14. The Bertz CT molecular complexity index is 745. The van der Waals surface area contributed by atoms with Gasteiger partial charge in [0.15, 0.2) is 0 Å². The number of hydrogen-bond acceptors (Lipinski definition) is 3. The summed E-state index contributed by atoms with van der Waals surface area (Å²) in [6.07, 6.45) is 2.55. The van der Waals surface area contributed by atoms with Crippen molar-refractivity contribution in [1.29, 1.82) is 0 Å². The number of amides is 2. The zero-order chi connectivity index (χ0) is 19.2. The number of nitrogens with one attached hydrogen (secondary N) is 2. The molecule has 0 aliphatic carbocycles. The molecule has 0 saturated carbocycles. The second-order valence-electron chi connectivity index (χ2n) is 7.33. The fraction of sp³-hybridized carbons (Fsp3) is 0.524. The number of fused-ring (bicyclic) bond motifs is 1. The Hall–Kier alpha value is -2.34. The highest BCUT2D eigenvalue weighted by Crippen LogP contribution is 2.26. The maximum atomic E-state index is 12.8. The van der Waals surface area contributed by atoms with Crippen LogP contribution in [0, 0.1) is 11.8 Å². The molecule has 1 aromatic carbocycles. The Morgan fingerprint density at radius 3 is 2.74 bits per heavy atom. The number of aromatic nitrogens is 1. The molecule has 27 heavy (non-hydrogen) atoms. The first kappa shape index (κ1) is 19.4. The van der Waals surface area contributed by atoms with Gasteiger partial charge in [0.1, 0.15) is 5.69 Å². The molecule has 0 radical (unpaired) electrons. The molecule has 3 rings (SSSR count). The third-order valence-electron chi connectivity index (χ3n) is 5.53. The van der Waals surface area contributed by atoms with Crippen LogP contribution in [-0.4, -0.2) is 55.0 Å². The molecule has 1 atom stereocenters. The molecule has 1 fully saturated rings. The van der Waals surface area contributed by atoms with Gasteiger partial charge in [0.05, 0.1) is 0 Å². The first-order chi connectivity index (χ1) is 13.1. The number of carbonyl (C=O) groups is 2. The number of nitrogens with zero attached hydrogens (tertiary/aromatic N) is 1. The third kappa shape index (κ3) is 4.69. The molecule has 1 saturated heterocycles. The molecular weight excluding hydrogens is 342 g/mol. The average molecular weight is 371 g/mol. The molecular formula is C21H29N3O3. The zero-order valence-electron chi connectivity index (χ0n) is 16.2. The van der Waals surface area contributed by atoms with Crippen LogP contribution in [0.5, 0.6) is 0 Å². The number of aromatic amines is 1. The maximum absolute atomic E-state index is 12.8. The minimum atomic E-state index is -0.0297. The van der Waals surface area contributed by atoms with Crippen LogP contribution in [0.2, 0.25) is 0 Å². The van der Waals surface area contributed by atoms with E-state index in [4.69, 9.17) is 4.74 Å². The Morgan fingerprint density at radius 2 is 2.04 bits per heavy atom. The highest BCUT2D eigenvalue weighted by Gasteiger charge is 2.30. The lowest BCUT2D eigenvalue weighted by Gasteiger charge is -2.34. The first-order valence-electron chi connectivity index (χ1n) is 9.74. The monoisotopic (exact) mass is 371 g/mol. The van der Waals surface area contributed by atoms with Crippen molar-refractivity contribution in [3.63, 3.8) is 0 Å². The molecule has 6 heteroatoms. The summed E-state index contributed by atoms with van der Waals surface area (Å²) >= 11 is 0. The third-order valence-corrected chi connectivity index (χ3v) is 5.53. The van der Waals surface area contributed by atoms with Gasteiger partial charge in [-0.1, -0.05) is 25.1 Å². The Balaban J connectivity index is 1.50. The smallest absolute Gasteiger partial charge is 0.270 e. The van der Waals surface area contributed by atoms with Gasteiger partial charge in [-0.05, 0) is 37.3 Å². The molecule has 1 aromatic heterocycles. The van der Waals surface area contributed by atoms with Gasteiger partial charge in [0, 0.05) is 50.2 Å². The number of ether oxygens (including phenoxy) is 1. The topological polar surface area (TPSA) is 74.4 Å². The molecule has 0 unspecified atom stereocenters. The van der Waals surface area contributed by atoms with Crippen LogP contribution in [0.4, 0.5) is 0 Å². The summed E-state index contributed by atoms with van der Waals surface area (Å²) in [6.45, 7) is 4.68. The quantitative estimate of drug-likeness (QED) is 0.735. The first-order valence-corrected chi connectivity index (χ1v) is 9.74. The number of likely N-dealkylation sites (tertiary alicyclic amines) is 1. The van der Waals surface area contributed by atoms with Crippen LogP contribution in [0.25, 0.3) is 10.9 Å². The standard InChI is InChI=1S/C21H29N3O3/c1-15(20(25)22-10-5-13-27-2)16-8-11-24(12-9-16)21(26)19-14-17-6-3-4-7-18(17)23-19/h3-4,6-7,14-16,23H,5,8-13H2,1-2H3,(H,22,25)/t15-/m0/s1. The zero-order valence-corrected chi connectivity index (χ0v) is 16.2. The second-order valence-corrected chi connectivity index (χ2v) is 7.33. The highest BCUT2D eigenvalue weighted by atomic mass is 16.5. The van der Waals surface area contributed by atoms with Crippen LogP contribution in [0.1, 0.15) is 36.7 Å². The van der Waals surface area contributed by atoms with E-state index in [-0.39, 0.29) is 17.7 Å². The summed E-state index contributed by atoms with van der Waals surface area (Å²) in [7, 11) is 1.66. The van der Waals surface area contributed by atoms with E-state index in [0.29, 0.717) is 37.9 Å². The lowest BCUT2D eigenvalue weighted by Crippen LogP contribution is -2.43. The Morgan fingerprint density at radius 1 is 1.30 bits per heavy atom. The summed E-state index contributed by atoms with van der Waals surface area (Å²) < 4.78 is 5.00. The molecule has 1 aliphatic heterocycles. The maximum Gasteiger partial charge on any atom is 0.270 e. The summed E-state index contributed by atoms with van der Waals surface area (Å²) in [5, 5.41) is 4.04. The van der Waals surface area contributed by atoms with Gasteiger partial charge in [-0.3, -0.25) is 9.59 Å². The van der Waals surface area contributed by atoms with Crippen molar-refractivity contribution in [2.24, 2.45) is 11.8 Å². The van der Waals surface area contributed by atoms with Crippen molar-refractivity contribution in [2.75, 3.05) is 33.4 Å². The fourth-order valence-corrected chi connectivity index (χ4v) is 3.76. The molecule has 2 heterocycles. The van der Waals surface area contributed by atoms with E-state index in [1.165, 1.54) is 0 Å². The molecule has 146 valence electrons. The number of piperidine rings is 1. The van der Waals surface area contributed by atoms with E-state index in [2.05, 4.69) is 10.3 Å². The number of H-pyrrole nitrogens is 1. The normalized spacial score (nSPS) is 16.4. The fourth-order valence-electron chi connectivity index (χ4n) is 3.76. The van der Waals surface area contributed by atoms with E-state index < -0.39 is 0 Å². The highest BCUT2D eigenvalue weighted by molar-refractivity contribution is 5.98. The Kier molecular flexibility index (Phi) is 6.50. The van der Waals surface area contributed by atoms with Gasteiger partial charge in [-0.2, -0.15) is 0 Å². The van der Waals surface area contributed by atoms with E-state index in [1.807, 2.05) is 42.2 Å². The van der Waals surface area contributed by atoms with E-state index in [1.54, 1.807) is 7.11 Å². The van der Waals surface area contributed by atoms with Gasteiger partial charge in [-0.15, -0.1) is 0 Å². The van der Waals surface area contributed by atoms with Gasteiger partial charge < -0.3 is 19.9 Å². The molecule has 0 bridgehead atoms. The van der Waals surface area contributed by atoms with Crippen molar-refractivity contribution >= 4 is 22.7 Å². The molecule has 1 aliphatic rings. The second kappa shape index (κ2) is 9.04. The number of hydrogen-bond donors (Lipinski definition) is 2. The van der Waals surface area contributed by atoms with Crippen LogP contribution in [0.15, 0.2) is 30.3 Å². The molecule has 6 nitrogen and oxygen atoms in total. The summed E-state index contributed by atoms with van der Waals surface area (Å²) in [4.78, 5) is 30.2. The summed E-state index contributed by atoms with van der Waals surface area (Å²) in [5.74, 6) is 0.435. The minimum absolute atomic E-state index is 0.0297. The molecule has 0 spiro atoms. The van der Waals surface area contributed by atoms with Crippen molar-refractivity contribution in [2.45, 2.75) is 26.2 Å². The number of benzene rings is 1. The van der Waals surface area contributed by atoms with E-state index >= 15 is 0 Å². The Labute approximate surface area is 160 Å². The molecule has 2 amide bonds. The van der Waals surface area contributed by atoms with Crippen LogP contribution < -0.4 is 5.32 Å². The van der Waals surface area contributed by atoms with Crippen molar-refractivity contribution in [1.82, 2.24) is 15.2 Å². The lowest BCUT2D eigenvalue weighted by atomic mass is 9.84. The van der Waals surface area contributed by atoms with Gasteiger partial charge in [0.2, 0.25) is 5.91 Å². The number of methoxy groups -OCH3 is 1. The lowest BCUT2D eigenvalue weighted by molar-refractivity contribution is -0.126. The SMILES string of the molecule is COCCCNC(=O)[C@@H](C)C1CCN(C(=O)c2cc3ccccc3[nH]2)CC1.